The highest BCUT2D eigenvalue weighted by molar-refractivity contribution is 6.25. The second-order valence-corrected chi connectivity index (χ2v) is 13.4. The van der Waals surface area contributed by atoms with Crippen molar-refractivity contribution in [2.24, 2.45) is 0 Å². The van der Waals surface area contributed by atoms with Crippen LogP contribution in [0, 0.1) is 0 Å². The van der Waals surface area contributed by atoms with E-state index in [4.69, 9.17) is 8.83 Å². The van der Waals surface area contributed by atoms with Gasteiger partial charge in [0.2, 0.25) is 11.4 Å². The Kier molecular flexibility index (Phi) is 6.75. The van der Waals surface area contributed by atoms with Crippen LogP contribution in [0.2, 0.25) is 0 Å². The van der Waals surface area contributed by atoms with Crippen LogP contribution < -0.4 is 9.80 Å². The molecule has 0 fully saturated rings. The van der Waals surface area contributed by atoms with E-state index in [1.807, 2.05) is 12.1 Å². The molecule has 0 amide bonds. The van der Waals surface area contributed by atoms with Gasteiger partial charge in [0, 0.05) is 66.9 Å². The first-order valence-electron chi connectivity index (χ1n) is 18.0. The molecule has 6 heteroatoms. The molecule has 0 aliphatic heterocycles. The Balaban J connectivity index is 1.27. The molecule has 0 unspecified atom stereocenters. The lowest BCUT2D eigenvalue weighted by atomic mass is 9.95. The highest BCUT2D eigenvalue weighted by atomic mass is 16.3. The highest BCUT2D eigenvalue weighted by Gasteiger charge is 2.28. The first-order valence-corrected chi connectivity index (χ1v) is 18.0. The maximum Gasteiger partial charge on any atom is 0.227 e. The molecule has 54 heavy (non-hydrogen) atoms. The molecule has 4 aromatic heterocycles. The molecule has 254 valence electrons. The van der Waals surface area contributed by atoms with Gasteiger partial charge in [0.15, 0.2) is 11.2 Å². The van der Waals surface area contributed by atoms with Crippen LogP contribution in [0.15, 0.2) is 191 Å². The lowest BCUT2D eigenvalue weighted by Gasteiger charge is -2.32. The summed E-state index contributed by atoms with van der Waals surface area (Å²) in [6.07, 6.45) is 3.56. The van der Waals surface area contributed by atoms with E-state index in [0.29, 0.717) is 11.4 Å². The molecule has 0 atom stereocenters. The van der Waals surface area contributed by atoms with Crippen molar-refractivity contribution < 1.29 is 8.83 Å². The van der Waals surface area contributed by atoms with Crippen LogP contribution in [0.4, 0.5) is 34.1 Å². The van der Waals surface area contributed by atoms with E-state index in [1.165, 1.54) is 0 Å². The van der Waals surface area contributed by atoms with Crippen LogP contribution >= 0.6 is 0 Å². The minimum atomic E-state index is 0.617. The summed E-state index contributed by atoms with van der Waals surface area (Å²) in [5.74, 6) is 0. The maximum atomic E-state index is 6.60. The second kappa shape index (κ2) is 12.1. The molecule has 6 nitrogen and oxygen atoms in total. The fraction of sp³-hybridized carbons (Fsp3) is 0. The van der Waals surface area contributed by atoms with Gasteiger partial charge in [0.05, 0.1) is 22.7 Å². The molecule has 4 heterocycles. The molecule has 0 saturated heterocycles. The molecule has 0 N–H and O–H groups in total. The van der Waals surface area contributed by atoms with Crippen molar-refractivity contribution in [1.82, 2.24) is 9.97 Å². The summed E-state index contributed by atoms with van der Waals surface area (Å²) in [6.45, 7) is 0. The van der Waals surface area contributed by atoms with Gasteiger partial charge in [-0.3, -0.25) is 0 Å². The molecule has 0 spiro atoms. The van der Waals surface area contributed by atoms with Crippen LogP contribution in [-0.4, -0.2) is 9.97 Å². The fourth-order valence-electron chi connectivity index (χ4n) is 8.08. The lowest BCUT2D eigenvalue weighted by Crippen LogP contribution is -2.14. The number of pyridine rings is 2. The third-order valence-corrected chi connectivity index (χ3v) is 10.3. The van der Waals surface area contributed by atoms with Gasteiger partial charge in [-0.15, -0.1) is 0 Å². The number of anilines is 6. The van der Waals surface area contributed by atoms with E-state index in [0.717, 1.165) is 88.4 Å². The minimum Gasteiger partial charge on any atom is -0.435 e. The van der Waals surface area contributed by atoms with Gasteiger partial charge in [-0.1, -0.05) is 109 Å². The number of para-hydroxylation sites is 4. The van der Waals surface area contributed by atoms with Crippen molar-refractivity contribution in [1.29, 1.82) is 0 Å². The van der Waals surface area contributed by atoms with E-state index in [1.54, 1.807) is 12.4 Å². The number of rotatable bonds is 6. The van der Waals surface area contributed by atoms with Crippen molar-refractivity contribution in [2.45, 2.75) is 0 Å². The molecular weight excluding hydrogens is 665 g/mol. The summed E-state index contributed by atoms with van der Waals surface area (Å²) in [5, 5.41) is 8.35. The van der Waals surface area contributed by atoms with Crippen molar-refractivity contribution >= 4 is 99.8 Å². The average molecular weight is 695 g/mol. The predicted molar refractivity (Wildman–Crippen MR) is 221 cm³/mol. The number of hydrogen-bond donors (Lipinski definition) is 0. The van der Waals surface area contributed by atoms with E-state index in [9.17, 15) is 0 Å². The summed E-state index contributed by atoms with van der Waals surface area (Å²) in [6, 6.07) is 59.2. The SMILES string of the molecule is c1ccc(N(c2c3ccccc3c(N(c3ccccc3)c3cccc4c3oc3ncccc34)c3ccccc23)c2cccc3c2oc2ncccc23)cc1. The highest BCUT2D eigenvalue weighted by Crippen LogP contribution is 2.53. The minimum absolute atomic E-state index is 0.617. The average Bonchev–Trinajstić information content (AvgIpc) is 3.82. The standard InChI is InChI=1S/C48H30N4O2/c1-3-15-31(16-4-1)51(41-27-11-23-37-39-25-13-29-49-47(39)53-45(37)41)43-33-19-7-9-21-35(33)44(36-22-10-8-20-34(36)43)52(32-17-5-2-6-18-32)42-28-12-24-38-40-26-14-30-50-48(40)54-46(38)42/h1-30H. The Morgan fingerprint density at radius 3 is 1.07 bits per heavy atom. The van der Waals surface area contributed by atoms with E-state index >= 15 is 0 Å². The number of hydrogen-bond acceptors (Lipinski definition) is 6. The number of furan rings is 2. The van der Waals surface area contributed by atoms with Gasteiger partial charge in [0.1, 0.15) is 0 Å². The first kappa shape index (κ1) is 30.2. The van der Waals surface area contributed by atoms with Gasteiger partial charge in [0.25, 0.3) is 0 Å². The van der Waals surface area contributed by atoms with Crippen LogP contribution in [0.3, 0.4) is 0 Å². The first-order chi connectivity index (χ1) is 26.8. The topological polar surface area (TPSA) is 58.5 Å². The van der Waals surface area contributed by atoms with Crippen molar-refractivity contribution in [3.63, 3.8) is 0 Å². The molecule has 0 bridgehead atoms. The van der Waals surface area contributed by atoms with Gasteiger partial charge in [-0.2, -0.15) is 0 Å². The summed E-state index contributed by atoms with van der Waals surface area (Å²) in [4.78, 5) is 13.9. The van der Waals surface area contributed by atoms with Gasteiger partial charge in [-0.25, -0.2) is 9.97 Å². The Morgan fingerprint density at radius 1 is 0.315 bits per heavy atom. The molecule has 0 saturated carbocycles. The van der Waals surface area contributed by atoms with Gasteiger partial charge < -0.3 is 18.6 Å². The zero-order valence-electron chi connectivity index (χ0n) is 28.9. The van der Waals surface area contributed by atoms with Crippen molar-refractivity contribution in [2.75, 3.05) is 9.80 Å². The number of nitrogens with zero attached hydrogens (tertiary/aromatic N) is 4. The van der Waals surface area contributed by atoms with E-state index in [2.05, 4.69) is 177 Å². The summed E-state index contributed by atoms with van der Waals surface area (Å²) in [7, 11) is 0. The lowest BCUT2D eigenvalue weighted by molar-refractivity contribution is 0.654. The Morgan fingerprint density at radius 2 is 0.667 bits per heavy atom. The fourth-order valence-corrected chi connectivity index (χ4v) is 8.08. The third kappa shape index (κ3) is 4.53. The van der Waals surface area contributed by atoms with E-state index < -0.39 is 0 Å². The van der Waals surface area contributed by atoms with Crippen LogP contribution in [0.25, 0.3) is 65.7 Å². The molecule has 11 rings (SSSR count). The van der Waals surface area contributed by atoms with Crippen LogP contribution in [0.5, 0.6) is 0 Å². The zero-order chi connectivity index (χ0) is 35.6. The summed E-state index contributed by atoms with van der Waals surface area (Å²) in [5.41, 5.74) is 8.79. The molecule has 0 aliphatic carbocycles. The monoisotopic (exact) mass is 694 g/mol. The number of fused-ring (bicyclic) bond motifs is 8. The largest absolute Gasteiger partial charge is 0.435 e. The van der Waals surface area contributed by atoms with Crippen molar-refractivity contribution in [3.8, 4) is 0 Å². The van der Waals surface area contributed by atoms with Gasteiger partial charge >= 0.3 is 0 Å². The van der Waals surface area contributed by atoms with E-state index in [-0.39, 0.29) is 0 Å². The predicted octanol–water partition coefficient (Wildman–Crippen LogP) is 13.5. The van der Waals surface area contributed by atoms with Crippen LogP contribution in [-0.2, 0) is 0 Å². The second-order valence-electron chi connectivity index (χ2n) is 13.4. The summed E-state index contributed by atoms with van der Waals surface area (Å²) < 4.78 is 13.2. The summed E-state index contributed by atoms with van der Waals surface area (Å²) >= 11 is 0. The molecule has 0 radical (unpaired) electrons. The molecule has 0 aliphatic rings. The normalized spacial score (nSPS) is 11.7. The van der Waals surface area contributed by atoms with Crippen molar-refractivity contribution in [3.05, 3.63) is 182 Å². The van der Waals surface area contributed by atoms with Crippen LogP contribution in [0.1, 0.15) is 0 Å². The Labute approximate surface area is 309 Å². The number of benzene rings is 7. The number of aromatic nitrogens is 2. The maximum absolute atomic E-state index is 6.60. The molecular formula is C48H30N4O2. The molecule has 11 aromatic rings. The quantitative estimate of drug-likeness (QED) is 0.128. The smallest absolute Gasteiger partial charge is 0.227 e. The Hall–Kier alpha value is -7.44. The zero-order valence-corrected chi connectivity index (χ0v) is 28.9. The third-order valence-electron chi connectivity index (χ3n) is 10.3. The molecule has 7 aromatic carbocycles. The van der Waals surface area contributed by atoms with Gasteiger partial charge in [-0.05, 0) is 60.7 Å². The Bertz CT molecular complexity index is 2920.